The molecular weight excluding hydrogens is 517 g/mol. The van der Waals surface area contributed by atoms with E-state index in [2.05, 4.69) is 31.2 Å². The van der Waals surface area contributed by atoms with E-state index in [4.69, 9.17) is 19.5 Å². The van der Waals surface area contributed by atoms with Gasteiger partial charge in [0.1, 0.15) is 6.10 Å². The molecule has 8 nitrogen and oxygen atoms in total. The standard InChI is InChI=1S/C30H60NO7P/c1-5-7-8-9-10-11-12-13-14-15-16-17-18-19-20-21-25-37-26-28(32)27-38-39(35,36)29(22-6-2)31(3,4)24-23-30(33)34/h11-12,17-18,28-30,32-34H,5-10,13-16,19-27H2,1-4H3/b12-11-,18-17-/t28-,29?/m1/s1. The molecule has 9 heteroatoms. The summed E-state index contributed by atoms with van der Waals surface area (Å²) in [7, 11) is -0.826. The molecule has 0 radical (unpaired) electrons. The number of allylic oxidation sites excluding steroid dienone is 4. The monoisotopic (exact) mass is 577 g/mol. The highest BCUT2D eigenvalue weighted by Crippen LogP contribution is 2.48. The summed E-state index contributed by atoms with van der Waals surface area (Å²) in [5.74, 6) is -0.829. The van der Waals surface area contributed by atoms with Crippen LogP contribution in [0.25, 0.3) is 0 Å². The van der Waals surface area contributed by atoms with Crippen molar-refractivity contribution in [1.82, 2.24) is 0 Å². The topological polar surface area (TPSA) is 119 Å². The summed E-state index contributed by atoms with van der Waals surface area (Å²) >= 11 is 0. The average Bonchev–Trinajstić information content (AvgIpc) is 2.88. The number of ether oxygens (including phenoxy) is 1. The van der Waals surface area contributed by atoms with Gasteiger partial charge in [-0.1, -0.05) is 57.4 Å². The molecule has 0 aliphatic rings. The smallest absolute Gasteiger partial charge is 0.193 e. The highest BCUT2D eigenvalue weighted by molar-refractivity contribution is 7.51. The maximum Gasteiger partial charge on any atom is 0.193 e. The van der Waals surface area contributed by atoms with Gasteiger partial charge < -0.3 is 38.5 Å². The molecule has 39 heavy (non-hydrogen) atoms. The molecule has 0 rings (SSSR count). The third-order valence-corrected chi connectivity index (χ3v) is 9.02. The third kappa shape index (κ3) is 21.8. The molecule has 0 amide bonds. The Bertz CT molecular complexity index is 670. The van der Waals surface area contributed by atoms with E-state index in [9.17, 15) is 14.6 Å². The van der Waals surface area contributed by atoms with Crippen LogP contribution in [0, 0.1) is 0 Å². The molecule has 0 heterocycles. The fourth-order valence-electron chi connectivity index (χ4n) is 4.44. The van der Waals surface area contributed by atoms with Crippen LogP contribution in [-0.4, -0.2) is 78.4 Å². The van der Waals surface area contributed by atoms with Crippen molar-refractivity contribution in [1.29, 1.82) is 0 Å². The molecule has 232 valence electrons. The third-order valence-electron chi connectivity index (χ3n) is 6.90. The molecule has 0 aliphatic carbocycles. The Morgan fingerprint density at radius 2 is 1.31 bits per heavy atom. The molecular formula is C30H60NO7P. The predicted molar refractivity (Wildman–Crippen MR) is 158 cm³/mol. The van der Waals surface area contributed by atoms with E-state index in [-0.39, 0.29) is 30.7 Å². The molecule has 0 saturated heterocycles. The number of quaternary nitrogens is 1. The summed E-state index contributed by atoms with van der Waals surface area (Å²) in [5, 5.41) is 28.5. The fourth-order valence-corrected chi connectivity index (χ4v) is 6.45. The van der Waals surface area contributed by atoms with E-state index >= 15 is 0 Å². The molecule has 0 aromatic carbocycles. The Labute approximate surface area is 239 Å². The zero-order valence-corrected chi connectivity index (χ0v) is 26.2. The van der Waals surface area contributed by atoms with Gasteiger partial charge in [0.15, 0.2) is 19.7 Å². The number of aliphatic hydroxyl groups is 3. The van der Waals surface area contributed by atoms with E-state index in [0.29, 0.717) is 19.4 Å². The van der Waals surface area contributed by atoms with Crippen molar-refractivity contribution < 1.29 is 38.5 Å². The lowest BCUT2D eigenvalue weighted by Gasteiger charge is -2.44. The first kappa shape index (κ1) is 38.4. The number of nitrogens with zero attached hydrogens (tertiary/aromatic N) is 1. The predicted octanol–water partition coefficient (Wildman–Crippen LogP) is 5.65. The van der Waals surface area contributed by atoms with Gasteiger partial charge in [0.05, 0.1) is 33.9 Å². The van der Waals surface area contributed by atoms with Crippen LogP contribution in [-0.2, 0) is 13.8 Å². The van der Waals surface area contributed by atoms with Gasteiger partial charge in [0.2, 0.25) is 0 Å². The highest BCUT2D eigenvalue weighted by atomic mass is 31.2. The van der Waals surface area contributed by atoms with Gasteiger partial charge in [-0.2, -0.15) is 0 Å². The molecule has 0 fully saturated rings. The number of hydrogen-bond donors (Lipinski definition) is 3. The van der Waals surface area contributed by atoms with Crippen LogP contribution < -0.4 is 4.89 Å². The van der Waals surface area contributed by atoms with Gasteiger partial charge in [0.25, 0.3) is 0 Å². The van der Waals surface area contributed by atoms with E-state index in [1.54, 1.807) is 14.1 Å². The number of rotatable bonds is 27. The normalized spacial score (nSPS) is 15.9. The molecule has 0 saturated carbocycles. The molecule has 0 spiro atoms. The minimum absolute atomic E-state index is 0.0242. The van der Waals surface area contributed by atoms with Gasteiger partial charge in [-0.3, -0.25) is 0 Å². The Morgan fingerprint density at radius 1 is 0.769 bits per heavy atom. The lowest BCUT2D eigenvalue weighted by atomic mass is 10.1. The zero-order chi connectivity index (χ0) is 29.4. The van der Waals surface area contributed by atoms with E-state index in [1.165, 1.54) is 51.4 Å². The van der Waals surface area contributed by atoms with Crippen molar-refractivity contribution >= 4 is 7.60 Å². The highest BCUT2D eigenvalue weighted by Gasteiger charge is 2.37. The molecule has 0 aromatic rings. The van der Waals surface area contributed by atoms with Crippen LogP contribution in [0.3, 0.4) is 0 Å². The SMILES string of the molecule is CCCCCC/C=C\CCCC/C=C\CCCCOC[C@@H](O)COP(=O)([O-])C(CCC)[N+](C)(C)CCC(O)O. The first-order valence-electron chi connectivity index (χ1n) is 15.3. The van der Waals surface area contributed by atoms with Gasteiger partial charge in [0, 0.05) is 19.4 Å². The largest absolute Gasteiger partial charge is 0.774 e. The maximum absolute atomic E-state index is 12.9. The van der Waals surface area contributed by atoms with Crippen LogP contribution in [0.5, 0.6) is 0 Å². The van der Waals surface area contributed by atoms with Crippen LogP contribution in [0.15, 0.2) is 24.3 Å². The van der Waals surface area contributed by atoms with Crippen molar-refractivity contribution in [3.05, 3.63) is 24.3 Å². The number of aliphatic hydroxyl groups excluding tert-OH is 2. The Hall–Kier alpha value is -0.570. The minimum Gasteiger partial charge on any atom is -0.774 e. The second kappa shape index (κ2) is 24.1. The quantitative estimate of drug-likeness (QED) is 0.0379. The number of unbranched alkanes of at least 4 members (excludes halogenated alkanes) is 9. The second-order valence-corrected chi connectivity index (χ2v) is 13.1. The van der Waals surface area contributed by atoms with Crippen molar-refractivity contribution in [3.8, 4) is 0 Å². The van der Waals surface area contributed by atoms with Crippen molar-refractivity contribution in [2.45, 2.75) is 128 Å². The summed E-state index contributed by atoms with van der Waals surface area (Å²) in [6.07, 6.45) is 21.9. The molecule has 0 bridgehead atoms. The average molecular weight is 578 g/mol. The first-order chi connectivity index (χ1) is 18.6. The summed E-state index contributed by atoms with van der Waals surface area (Å²) in [6.45, 7) is 4.60. The van der Waals surface area contributed by atoms with Crippen molar-refractivity contribution in [2.75, 3.05) is 40.5 Å². The summed E-state index contributed by atoms with van der Waals surface area (Å²) < 4.78 is 23.6. The van der Waals surface area contributed by atoms with Gasteiger partial charge in [-0.25, -0.2) is 0 Å². The Balaban J connectivity index is 3.95. The first-order valence-corrected chi connectivity index (χ1v) is 16.9. The Morgan fingerprint density at radius 3 is 1.82 bits per heavy atom. The number of hydrogen-bond acceptors (Lipinski definition) is 7. The summed E-state index contributed by atoms with van der Waals surface area (Å²) in [6, 6.07) is 0. The van der Waals surface area contributed by atoms with Crippen LogP contribution >= 0.6 is 7.60 Å². The molecule has 2 unspecified atom stereocenters. The fraction of sp³-hybridized carbons (Fsp3) is 0.867. The van der Waals surface area contributed by atoms with Crippen LogP contribution in [0.4, 0.5) is 0 Å². The van der Waals surface area contributed by atoms with Crippen LogP contribution in [0.2, 0.25) is 0 Å². The summed E-state index contributed by atoms with van der Waals surface area (Å²) in [5.41, 5.74) is 0. The lowest BCUT2D eigenvalue weighted by Crippen LogP contribution is -2.51. The summed E-state index contributed by atoms with van der Waals surface area (Å²) in [4.78, 5) is 12.9. The van der Waals surface area contributed by atoms with Gasteiger partial charge in [-0.05, 0) is 64.2 Å². The minimum atomic E-state index is -4.30. The van der Waals surface area contributed by atoms with Gasteiger partial charge in [-0.15, -0.1) is 0 Å². The second-order valence-electron chi connectivity index (χ2n) is 11.2. The van der Waals surface area contributed by atoms with E-state index in [0.717, 1.165) is 25.7 Å². The van der Waals surface area contributed by atoms with Crippen molar-refractivity contribution in [3.63, 3.8) is 0 Å². The maximum atomic E-state index is 12.9. The van der Waals surface area contributed by atoms with E-state index in [1.807, 2.05) is 6.92 Å². The van der Waals surface area contributed by atoms with Crippen molar-refractivity contribution in [2.24, 2.45) is 0 Å². The van der Waals surface area contributed by atoms with E-state index < -0.39 is 25.8 Å². The molecule has 3 atom stereocenters. The molecule has 0 aliphatic heterocycles. The van der Waals surface area contributed by atoms with Crippen LogP contribution in [0.1, 0.15) is 110 Å². The van der Waals surface area contributed by atoms with Gasteiger partial charge >= 0.3 is 0 Å². The lowest BCUT2D eigenvalue weighted by molar-refractivity contribution is -0.905. The Kier molecular flexibility index (Phi) is 23.7. The molecule has 0 aromatic heterocycles. The molecule has 3 N–H and O–H groups in total. The zero-order valence-electron chi connectivity index (χ0n) is 25.3.